The quantitative estimate of drug-likeness (QED) is 0.902. The second-order valence-corrected chi connectivity index (χ2v) is 4.95. The molecule has 1 amide bonds. The van der Waals surface area contributed by atoms with Crippen LogP contribution in [-0.4, -0.2) is 49.5 Å². The van der Waals surface area contributed by atoms with Gasteiger partial charge in [0.15, 0.2) is 0 Å². The number of likely N-dealkylation sites (tertiary alicyclic amines) is 1. The van der Waals surface area contributed by atoms with Crippen LogP contribution in [0.4, 0.5) is 0 Å². The lowest BCUT2D eigenvalue weighted by molar-refractivity contribution is -0.141. The zero-order valence-electron chi connectivity index (χ0n) is 11.2. The van der Waals surface area contributed by atoms with Crippen LogP contribution < -0.4 is 0 Å². The van der Waals surface area contributed by atoms with Gasteiger partial charge in [-0.2, -0.15) is 0 Å². The van der Waals surface area contributed by atoms with Gasteiger partial charge in [0, 0.05) is 37.2 Å². The zero-order valence-corrected chi connectivity index (χ0v) is 11.2. The Labute approximate surface area is 120 Å². The van der Waals surface area contributed by atoms with E-state index in [2.05, 4.69) is 9.97 Å². The molecule has 1 atom stereocenters. The van der Waals surface area contributed by atoms with Crippen LogP contribution >= 0.6 is 0 Å². The molecule has 108 valence electrons. The molecule has 1 saturated heterocycles. The maximum Gasteiger partial charge on any atom is 0.308 e. The molecule has 2 aromatic heterocycles. The number of carbonyl (C=O) groups excluding carboxylic acids is 1. The minimum atomic E-state index is -0.848. The number of carboxylic acids is 1. The van der Waals surface area contributed by atoms with Crippen LogP contribution in [0.1, 0.15) is 16.8 Å². The van der Waals surface area contributed by atoms with Gasteiger partial charge < -0.3 is 10.0 Å². The van der Waals surface area contributed by atoms with E-state index in [0.29, 0.717) is 24.3 Å². The first-order chi connectivity index (χ1) is 10.1. The molecule has 0 aliphatic carbocycles. The number of aliphatic carboxylic acids is 1. The first-order valence-corrected chi connectivity index (χ1v) is 6.61. The molecule has 1 aliphatic heterocycles. The van der Waals surface area contributed by atoms with E-state index in [-0.39, 0.29) is 12.5 Å². The largest absolute Gasteiger partial charge is 0.481 e. The van der Waals surface area contributed by atoms with E-state index in [9.17, 15) is 9.59 Å². The fraction of sp³-hybridized carbons (Fsp3) is 0.286. The molecule has 2 aromatic rings. The number of rotatable bonds is 3. The van der Waals surface area contributed by atoms with Crippen molar-refractivity contribution in [2.24, 2.45) is 5.92 Å². The molecule has 3 heterocycles. The number of nitrogens with zero attached hydrogens (tertiary/aromatic N) is 4. The molecule has 0 bridgehead atoms. The molecule has 1 aliphatic rings. The third-order valence-electron chi connectivity index (χ3n) is 3.59. The number of hydrogen-bond donors (Lipinski definition) is 1. The summed E-state index contributed by atoms with van der Waals surface area (Å²) in [5.74, 6) is -0.877. The third kappa shape index (κ3) is 2.62. The average Bonchev–Trinajstić information content (AvgIpc) is 3.18. The summed E-state index contributed by atoms with van der Waals surface area (Å²) in [6.07, 6.45) is 7.04. The summed E-state index contributed by atoms with van der Waals surface area (Å²) in [5.41, 5.74) is 0.500. The van der Waals surface area contributed by atoms with Gasteiger partial charge in [0.05, 0.1) is 5.92 Å². The molecule has 0 aromatic carbocycles. The normalized spacial score (nSPS) is 17.9. The van der Waals surface area contributed by atoms with Crippen molar-refractivity contribution >= 4 is 11.9 Å². The Balaban J connectivity index is 1.80. The van der Waals surface area contributed by atoms with E-state index in [1.165, 1.54) is 0 Å². The van der Waals surface area contributed by atoms with Crippen LogP contribution in [0.2, 0.25) is 0 Å². The van der Waals surface area contributed by atoms with Crippen molar-refractivity contribution in [2.45, 2.75) is 6.42 Å². The Kier molecular flexibility index (Phi) is 3.39. The highest BCUT2D eigenvalue weighted by Gasteiger charge is 2.31. The zero-order chi connectivity index (χ0) is 14.8. The molecular formula is C14H14N4O3. The maximum absolute atomic E-state index is 12.4. The van der Waals surface area contributed by atoms with Gasteiger partial charge in [-0.1, -0.05) is 0 Å². The Hall–Kier alpha value is -2.70. The highest BCUT2D eigenvalue weighted by atomic mass is 16.4. The van der Waals surface area contributed by atoms with Crippen LogP contribution in [0.15, 0.2) is 37.1 Å². The summed E-state index contributed by atoms with van der Waals surface area (Å²) in [6, 6.07) is 3.31. The van der Waals surface area contributed by atoms with Gasteiger partial charge in [-0.25, -0.2) is 9.97 Å². The molecule has 21 heavy (non-hydrogen) atoms. The number of carbonyl (C=O) groups is 2. The molecular weight excluding hydrogens is 272 g/mol. The van der Waals surface area contributed by atoms with E-state index in [4.69, 9.17) is 5.11 Å². The summed E-state index contributed by atoms with van der Waals surface area (Å²) in [6.45, 7) is 0.732. The molecule has 1 N–H and O–H groups in total. The van der Waals surface area contributed by atoms with Crippen LogP contribution in [-0.2, 0) is 4.79 Å². The average molecular weight is 286 g/mol. The molecule has 0 spiro atoms. The van der Waals surface area contributed by atoms with Crippen molar-refractivity contribution in [1.82, 2.24) is 19.4 Å². The minimum Gasteiger partial charge on any atom is -0.481 e. The molecule has 7 nitrogen and oxygen atoms in total. The van der Waals surface area contributed by atoms with Crippen molar-refractivity contribution in [2.75, 3.05) is 13.1 Å². The van der Waals surface area contributed by atoms with Crippen molar-refractivity contribution in [3.8, 4) is 5.82 Å². The number of amides is 1. The minimum absolute atomic E-state index is 0.164. The van der Waals surface area contributed by atoms with E-state index in [1.807, 2.05) is 0 Å². The van der Waals surface area contributed by atoms with Gasteiger partial charge >= 0.3 is 5.97 Å². The Morgan fingerprint density at radius 1 is 1.33 bits per heavy atom. The standard InChI is InChI=1S/C14H14N4O3/c19-13(17-5-2-11(8-17)14(20)21)10-1-3-16-12(7-10)18-6-4-15-9-18/h1,3-4,6-7,9,11H,2,5,8H2,(H,20,21). The number of carboxylic acid groups (broad SMARTS) is 1. The fourth-order valence-corrected chi connectivity index (χ4v) is 2.42. The van der Waals surface area contributed by atoms with Gasteiger partial charge in [-0.15, -0.1) is 0 Å². The van der Waals surface area contributed by atoms with Gasteiger partial charge in [0.25, 0.3) is 5.91 Å². The number of pyridine rings is 1. The number of hydrogen-bond acceptors (Lipinski definition) is 4. The summed E-state index contributed by atoms with van der Waals surface area (Å²) < 4.78 is 1.71. The Morgan fingerprint density at radius 3 is 2.86 bits per heavy atom. The lowest BCUT2D eigenvalue weighted by Crippen LogP contribution is -2.30. The molecule has 3 rings (SSSR count). The Bertz CT molecular complexity index is 669. The summed E-state index contributed by atoms with van der Waals surface area (Å²) >= 11 is 0. The smallest absolute Gasteiger partial charge is 0.308 e. The SMILES string of the molecule is O=C(O)C1CCN(C(=O)c2ccnc(-n3ccnc3)c2)C1. The van der Waals surface area contributed by atoms with Gasteiger partial charge in [0.1, 0.15) is 12.1 Å². The van der Waals surface area contributed by atoms with E-state index >= 15 is 0 Å². The lowest BCUT2D eigenvalue weighted by Gasteiger charge is -2.16. The number of aromatic nitrogens is 3. The van der Waals surface area contributed by atoms with Gasteiger partial charge in [-0.05, 0) is 18.6 Å². The summed E-state index contributed by atoms with van der Waals surface area (Å²) in [7, 11) is 0. The monoisotopic (exact) mass is 286 g/mol. The summed E-state index contributed by atoms with van der Waals surface area (Å²) in [5, 5.41) is 8.99. The highest BCUT2D eigenvalue weighted by molar-refractivity contribution is 5.95. The third-order valence-corrected chi connectivity index (χ3v) is 3.59. The van der Waals surface area contributed by atoms with Crippen LogP contribution in [0.3, 0.4) is 0 Å². The van der Waals surface area contributed by atoms with Crippen molar-refractivity contribution in [3.63, 3.8) is 0 Å². The predicted octanol–water partition coefficient (Wildman–Crippen LogP) is 0.814. The molecule has 7 heteroatoms. The lowest BCUT2D eigenvalue weighted by atomic mass is 10.1. The van der Waals surface area contributed by atoms with Crippen LogP contribution in [0.5, 0.6) is 0 Å². The van der Waals surface area contributed by atoms with Crippen molar-refractivity contribution < 1.29 is 14.7 Å². The number of imidazole rings is 1. The Morgan fingerprint density at radius 2 is 2.19 bits per heavy atom. The fourth-order valence-electron chi connectivity index (χ4n) is 2.42. The highest BCUT2D eigenvalue weighted by Crippen LogP contribution is 2.19. The first kappa shape index (κ1) is 13.3. The van der Waals surface area contributed by atoms with Gasteiger partial charge in [-0.3, -0.25) is 14.2 Å². The van der Waals surface area contributed by atoms with E-state index < -0.39 is 11.9 Å². The second kappa shape index (κ2) is 5.35. The van der Waals surface area contributed by atoms with Gasteiger partial charge in [0.2, 0.25) is 0 Å². The van der Waals surface area contributed by atoms with Crippen molar-refractivity contribution in [1.29, 1.82) is 0 Å². The van der Waals surface area contributed by atoms with Crippen molar-refractivity contribution in [3.05, 3.63) is 42.6 Å². The summed E-state index contributed by atoms with van der Waals surface area (Å²) in [4.78, 5) is 33.1. The predicted molar refractivity (Wildman–Crippen MR) is 73.0 cm³/mol. The van der Waals surface area contributed by atoms with E-state index in [0.717, 1.165) is 0 Å². The second-order valence-electron chi connectivity index (χ2n) is 4.95. The van der Waals surface area contributed by atoms with Crippen LogP contribution in [0.25, 0.3) is 5.82 Å². The van der Waals surface area contributed by atoms with Crippen LogP contribution in [0, 0.1) is 5.92 Å². The topological polar surface area (TPSA) is 88.3 Å². The van der Waals surface area contributed by atoms with E-state index in [1.54, 1.807) is 46.5 Å². The molecule has 0 saturated carbocycles. The maximum atomic E-state index is 12.4. The molecule has 0 radical (unpaired) electrons. The first-order valence-electron chi connectivity index (χ1n) is 6.61. The molecule has 1 unspecified atom stereocenters. The molecule has 1 fully saturated rings.